The average Bonchev–Trinajstić information content (AvgIpc) is 3.07. The number of hydrogen-bond donors (Lipinski definition) is 1. The molecule has 2 N–H and O–H groups in total. The molecular weight excluding hydrogens is 398 g/mol. The Balaban J connectivity index is 1.61. The van der Waals surface area contributed by atoms with Crippen LogP contribution in [0.3, 0.4) is 0 Å². The van der Waals surface area contributed by atoms with E-state index in [1.807, 2.05) is 43.9 Å². The summed E-state index contributed by atoms with van der Waals surface area (Å²) in [5, 5.41) is 6.27. The summed E-state index contributed by atoms with van der Waals surface area (Å²) in [6, 6.07) is 2.23. The number of hydrogen-bond acceptors (Lipinski definition) is 6. The van der Waals surface area contributed by atoms with Crippen LogP contribution < -0.4 is 5.73 Å². The summed E-state index contributed by atoms with van der Waals surface area (Å²) in [6.45, 7) is 6.99. The van der Waals surface area contributed by atoms with E-state index in [0.29, 0.717) is 24.9 Å². The molecule has 1 fully saturated rings. The molecule has 0 radical (unpaired) electrons. The molecule has 26 heavy (non-hydrogen) atoms. The van der Waals surface area contributed by atoms with Gasteiger partial charge in [0.15, 0.2) is 0 Å². The molecule has 0 atom stereocenters. The highest BCUT2D eigenvalue weighted by Gasteiger charge is 2.29. The third-order valence-corrected chi connectivity index (χ3v) is 5.06. The highest BCUT2D eigenvalue weighted by Crippen LogP contribution is 2.28. The normalized spacial score (nSPS) is 16.6. The molecule has 0 unspecified atom stereocenters. The van der Waals surface area contributed by atoms with Crippen molar-refractivity contribution in [1.29, 1.82) is 0 Å². The van der Waals surface area contributed by atoms with Crippen molar-refractivity contribution in [2.45, 2.75) is 39.7 Å². The van der Waals surface area contributed by atoms with Crippen molar-refractivity contribution >= 4 is 27.7 Å². The van der Waals surface area contributed by atoms with E-state index < -0.39 is 5.41 Å². The number of nitrogen functional groups attached to an aromatic ring is 1. The van der Waals surface area contributed by atoms with Crippen LogP contribution in [0.1, 0.15) is 39.7 Å². The molecule has 7 nitrogen and oxygen atoms in total. The van der Waals surface area contributed by atoms with E-state index >= 15 is 0 Å². The molecule has 3 rings (SSSR count). The largest absolute Gasteiger partial charge is 0.383 e. The highest BCUT2D eigenvalue weighted by atomic mass is 79.9. The smallest absolute Gasteiger partial charge is 0.330 e. The summed E-state index contributed by atoms with van der Waals surface area (Å²) in [4.78, 5) is 21.6. The number of nitrogens with two attached hydrogens (primary N) is 1. The van der Waals surface area contributed by atoms with E-state index in [-0.39, 0.29) is 5.97 Å². The second-order valence-electron chi connectivity index (χ2n) is 7.59. The first kappa shape index (κ1) is 18.8. The quantitative estimate of drug-likeness (QED) is 0.816. The second kappa shape index (κ2) is 7.36. The molecule has 0 aromatic carbocycles. The number of nitrogens with zero attached hydrogens (tertiary/aromatic N) is 4. The fraction of sp³-hybridized carbons (Fsp3) is 0.500. The first-order valence-electron chi connectivity index (χ1n) is 8.67. The van der Waals surface area contributed by atoms with Crippen LogP contribution in [-0.4, -0.2) is 38.9 Å². The van der Waals surface area contributed by atoms with Gasteiger partial charge >= 0.3 is 5.97 Å². The summed E-state index contributed by atoms with van der Waals surface area (Å²) in [6.07, 6.45) is 7.37. The molecule has 2 aromatic rings. The molecule has 0 saturated carbocycles. The van der Waals surface area contributed by atoms with E-state index in [1.54, 1.807) is 11.3 Å². The Morgan fingerprint density at radius 1 is 1.27 bits per heavy atom. The van der Waals surface area contributed by atoms with Gasteiger partial charge in [-0.15, -0.1) is 5.06 Å². The zero-order valence-electron chi connectivity index (χ0n) is 15.3. The fourth-order valence-electron chi connectivity index (χ4n) is 2.75. The van der Waals surface area contributed by atoms with Gasteiger partial charge in [0.25, 0.3) is 0 Å². The Morgan fingerprint density at radius 2 is 1.96 bits per heavy atom. The van der Waals surface area contributed by atoms with Crippen molar-refractivity contribution in [3.05, 3.63) is 29.1 Å². The van der Waals surface area contributed by atoms with Crippen molar-refractivity contribution in [3.8, 4) is 11.1 Å². The maximum atomic E-state index is 12.0. The third-order valence-electron chi connectivity index (χ3n) is 4.43. The molecular formula is C18H24BrN5O2. The van der Waals surface area contributed by atoms with Gasteiger partial charge in [-0.05, 0) is 55.6 Å². The predicted molar refractivity (Wildman–Crippen MR) is 103 cm³/mol. The molecule has 0 aliphatic carbocycles. The summed E-state index contributed by atoms with van der Waals surface area (Å²) in [5.74, 6) is 0.275. The maximum Gasteiger partial charge on any atom is 0.330 e. The number of pyridine rings is 1. The van der Waals surface area contributed by atoms with E-state index in [4.69, 9.17) is 10.6 Å². The van der Waals surface area contributed by atoms with Gasteiger partial charge in [0.1, 0.15) is 5.82 Å². The summed E-state index contributed by atoms with van der Waals surface area (Å²) in [5.41, 5.74) is 7.22. The number of aromatic nitrogens is 3. The van der Waals surface area contributed by atoms with Gasteiger partial charge in [0.05, 0.1) is 22.1 Å². The van der Waals surface area contributed by atoms with Crippen LogP contribution in [0.2, 0.25) is 0 Å². The van der Waals surface area contributed by atoms with Crippen LogP contribution in [-0.2, 0) is 9.63 Å². The van der Waals surface area contributed by atoms with Crippen LogP contribution >= 0.6 is 15.9 Å². The van der Waals surface area contributed by atoms with Crippen LogP contribution in [0, 0.1) is 5.41 Å². The van der Waals surface area contributed by atoms with E-state index in [0.717, 1.165) is 28.4 Å². The van der Waals surface area contributed by atoms with Crippen molar-refractivity contribution in [3.63, 3.8) is 0 Å². The van der Waals surface area contributed by atoms with Gasteiger partial charge in [0, 0.05) is 36.6 Å². The third kappa shape index (κ3) is 4.24. The molecule has 140 valence electrons. The number of carbonyl (C=O) groups excluding carboxylic acids is 1. The molecule has 1 aliphatic heterocycles. The lowest BCUT2D eigenvalue weighted by Gasteiger charge is -2.32. The minimum absolute atomic E-state index is 0.196. The Kier molecular flexibility index (Phi) is 5.34. The summed E-state index contributed by atoms with van der Waals surface area (Å²) in [7, 11) is 0. The van der Waals surface area contributed by atoms with Crippen molar-refractivity contribution < 1.29 is 9.63 Å². The molecule has 8 heteroatoms. The van der Waals surface area contributed by atoms with Gasteiger partial charge in [0.2, 0.25) is 0 Å². The molecule has 1 aliphatic rings. The number of carbonyl (C=O) groups is 1. The van der Waals surface area contributed by atoms with Gasteiger partial charge in [-0.25, -0.2) is 9.78 Å². The number of piperidine rings is 1. The number of anilines is 1. The van der Waals surface area contributed by atoms with Gasteiger partial charge in [-0.2, -0.15) is 5.10 Å². The first-order valence-corrected chi connectivity index (χ1v) is 9.46. The van der Waals surface area contributed by atoms with Gasteiger partial charge < -0.3 is 10.6 Å². The van der Waals surface area contributed by atoms with Crippen LogP contribution in [0.25, 0.3) is 11.1 Å². The number of halogens is 1. The van der Waals surface area contributed by atoms with Gasteiger partial charge in [-0.1, -0.05) is 0 Å². The lowest BCUT2D eigenvalue weighted by molar-refractivity contribution is -0.205. The number of rotatable bonds is 3. The SMILES string of the molecule is CC(C)(C)C(=O)ON1CCC(n2cc(-c3cnc(N)c(Br)c3)cn2)CC1. The molecule has 1 saturated heterocycles. The number of hydroxylamine groups is 2. The van der Waals surface area contributed by atoms with Crippen LogP contribution in [0.4, 0.5) is 5.82 Å². The zero-order chi connectivity index (χ0) is 18.9. The predicted octanol–water partition coefficient (Wildman–Crippen LogP) is 3.43. The van der Waals surface area contributed by atoms with Crippen molar-refractivity contribution in [2.24, 2.45) is 5.41 Å². The van der Waals surface area contributed by atoms with Crippen LogP contribution in [0.5, 0.6) is 0 Å². The Bertz CT molecular complexity index is 791. The Labute approximate surface area is 161 Å². The fourth-order valence-corrected chi connectivity index (χ4v) is 3.09. The van der Waals surface area contributed by atoms with Crippen molar-refractivity contribution in [2.75, 3.05) is 18.8 Å². The van der Waals surface area contributed by atoms with Crippen molar-refractivity contribution in [1.82, 2.24) is 19.8 Å². The zero-order valence-corrected chi connectivity index (χ0v) is 16.9. The minimum Gasteiger partial charge on any atom is -0.383 e. The Hall–Kier alpha value is -1.93. The molecule has 0 spiro atoms. The van der Waals surface area contributed by atoms with Gasteiger partial charge in [-0.3, -0.25) is 4.68 Å². The maximum absolute atomic E-state index is 12.0. The highest BCUT2D eigenvalue weighted by molar-refractivity contribution is 9.10. The lowest BCUT2D eigenvalue weighted by atomic mass is 9.98. The molecule has 0 amide bonds. The Morgan fingerprint density at radius 3 is 2.58 bits per heavy atom. The minimum atomic E-state index is -0.491. The lowest BCUT2D eigenvalue weighted by Crippen LogP contribution is -2.39. The molecule has 3 heterocycles. The van der Waals surface area contributed by atoms with E-state index in [2.05, 4.69) is 26.0 Å². The van der Waals surface area contributed by atoms with E-state index in [1.165, 1.54) is 0 Å². The standard InChI is InChI=1S/C18H24BrN5O2/c1-18(2,3)17(25)26-23-6-4-14(5-7-23)24-11-13(10-22-24)12-8-15(19)16(20)21-9-12/h8-11,14H,4-7H2,1-3H3,(H2,20,21). The second-order valence-corrected chi connectivity index (χ2v) is 8.44. The summed E-state index contributed by atoms with van der Waals surface area (Å²) < 4.78 is 2.76. The van der Waals surface area contributed by atoms with Crippen LogP contribution in [0.15, 0.2) is 29.1 Å². The molecule has 0 bridgehead atoms. The average molecular weight is 422 g/mol. The first-order chi connectivity index (χ1) is 12.2. The topological polar surface area (TPSA) is 86.3 Å². The van der Waals surface area contributed by atoms with E-state index in [9.17, 15) is 4.79 Å². The summed E-state index contributed by atoms with van der Waals surface area (Å²) >= 11 is 3.41. The molecule has 2 aromatic heterocycles. The monoisotopic (exact) mass is 421 g/mol.